The van der Waals surface area contributed by atoms with E-state index in [1.54, 1.807) is 0 Å². The van der Waals surface area contributed by atoms with E-state index in [0.717, 1.165) is 24.5 Å². The van der Waals surface area contributed by atoms with Gasteiger partial charge in [0.2, 0.25) is 0 Å². The summed E-state index contributed by atoms with van der Waals surface area (Å²) in [5, 5.41) is 2.01. The van der Waals surface area contributed by atoms with Crippen LogP contribution in [0.3, 0.4) is 0 Å². The third-order valence-corrected chi connectivity index (χ3v) is 5.14. The fraction of sp³-hybridized carbons (Fsp3) is 0.238. The largest absolute Gasteiger partial charge is 0.317 e. The SMILES string of the molecule is Cc1c(-c2ccccc2)c2cc(Cl)ccc2n1C1=CCN(C)CC1. The molecule has 0 atom stereocenters. The summed E-state index contributed by atoms with van der Waals surface area (Å²) in [4.78, 5) is 2.35. The maximum atomic E-state index is 6.31. The molecule has 2 aromatic carbocycles. The van der Waals surface area contributed by atoms with Gasteiger partial charge in [-0.2, -0.15) is 0 Å². The Labute approximate surface area is 148 Å². The van der Waals surface area contributed by atoms with Crippen molar-refractivity contribution in [2.45, 2.75) is 13.3 Å². The Balaban J connectivity index is 2.00. The second-order valence-electron chi connectivity index (χ2n) is 6.53. The van der Waals surface area contributed by atoms with Crippen LogP contribution in [0.15, 0.2) is 54.6 Å². The molecule has 2 heterocycles. The van der Waals surface area contributed by atoms with Crippen LogP contribution < -0.4 is 0 Å². The van der Waals surface area contributed by atoms with E-state index in [2.05, 4.69) is 72.0 Å². The zero-order valence-corrected chi connectivity index (χ0v) is 14.8. The molecule has 3 heteroatoms. The quantitative estimate of drug-likeness (QED) is 0.604. The molecule has 0 unspecified atom stereocenters. The van der Waals surface area contributed by atoms with Crippen LogP contribution in [0.5, 0.6) is 0 Å². The molecule has 0 radical (unpaired) electrons. The first-order valence-corrected chi connectivity index (χ1v) is 8.77. The van der Waals surface area contributed by atoms with Crippen molar-refractivity contribution in [1.82, 2.24) is 9.47 Å². The lowest BCUT2D eigenvalue weighted by molar-refractivity contribution is 0.366. The number of halogens is 1. The molecule has 0 aliphatic carbocycles. The number of hydrogen-bond donors (Lipinski definition) is 0. The van der Waals surface area contributed by atoms with Gasteiger partial charge in [0.05, 0.1) is 5.52 Å². The highest BCUT2D eigenvalue weighted by molar-refractivity contribution is 6.31. The molecule has 1 aromatic heterocycles. The Hall–Kier alpha value is -2.03. The van der Waals surface area contributed by atoms with Crippen molar-refractivity contribution in [1.29, 1.82) is 0 Å². The van der Waals surface area contributed by atoms with E-state index in [9.17, 15) is 0 Å². The Bertz CT molecular complexity index is 922. The van der Waals surface area contributed by atoms with Gasteiger partial charge in [0.1, 0.15) is 0 Å². The van der Waals surface area contributed by atoms with Crippen molar-refractivity contribution in [3.8, 4) is 11.1 Å². The van der Waals surface area contributed by atoms with Crippen molar-refractivity contribution in [2.75, 3.05) is 20.1 Å². The van der Waals surface area contributed by atoms with Crippen LogP contribution in [0.25, 0.3) is 27.7 Å². The maximum absolute atomic E-state index is 6.31. The van der Waals surface area contributed by atoms with E-state index in [0.29, 0.717) is 0 Å². The minimum absolute atomic E-state index is 0.786. The summed E-state index contributed by atoms with van der Waals surface area (Å²) in [6, 6.07) is 16.8. The molecule has 24 heavy (non-hydrogen) atoms. The van der Waals surface area contributed by atoms with E-state index in [4.69, 9.17) is 11.6 Å². The van der Waals surface area contributed by atoms with Crippen LogP contribution in [0, 0.1) is 6.92 Å². The molecule has 3 aromatic rings. The number of nitrogens with zero attached hydrogens (tertiary/aromatic N) is 2. The zero-order chi connectivity index (χ0) is 16.7. The third-order valence-electron chi connectivity index (χ3n) is 4.90. The van der Waals surface area contributed by atoms with Gasteiger partial charge in [0.15, 0.2) is 0 Å². The van der Waals surface area contributed by atoms with Crippen molar-refractivity contribution in [3.05, 3.63) is 65.3 Å². The first kappa shape index (κ1) is 15.5. The molecule has 122 valence electrons. The van der Waals surface area contributed by atoms with E-state index in [-0.39, 0.29) is 0 Å². The summed E-state index contributed by atoms with van der Waals surface area (Å²) in [5.74, 6) is 0. The number of likely N-dealkylation sites (N-methyl/N-ethyl adjacent to an activating group) is 1. The molecule has 0 amide bonds. The Morgan fingerprint density at radius 2 is 1.83 bits per heavy atom. The number of fused-ring (bicyclic) bond motifs is 1. The molecule has 1 aliphatic rings. The van der Waals surface area contributed by atoms with Gasteiger partial charge in [0.25, 0.3) is 0 Å². The average Bonchev–Trinajstić information content (AvgIpc) is 2.88. The van der Waals surface area contributed by atoms with Gasteiger partial charge in [-0.15, -0.1) is 0 Å². The maximum Gasteiger partial charge on any atom is 0.0535 e. The van der Waals surface area contributed by atoms with Crippen molar-refractivity contribution in [2.24, 2.45) is 0 Å². The third kappa shape index (κ3) is 2.56. The van der Waals surface area contributed by atoms with Gasteiger partial charge in [-0.05, 0) is 37.7 Å². The molecule has 0 fully saturated rings. The lowest BCUT2D eigenvalue weighted by atomic mass is 10.0. The summed E-state index contributed by atoms with van der Waals surface area (Å²) < 4.78 is 2.42. The van der Waals surface area contributed by atoms with Crippen LogP contribution in [0.4, 0.5) is 0 Å². The standard InChI is InChI=1S/C21H21ClN2/c1-15-21(16-6-4-3-5-7-16)19-14-17(22)8-9-20(19)24(15)18-10-12-23(2)13-11-18/h3-10,14H,11-13H2,1-2H3. The average molecular weight is 337 g/mol. The molecule has 0 saturated heterocycles. The van der Waals surface area contributed by atoms with Crippen molar-refractivity contribution >= 4 is 28.2 Å². The molecular formula is C21H21ClN2. The first-order valence-electron chi connectivity index (χ1n) is 8.39. The number of hydrogen-bond acceptors (Lipinski definition) is 1. The highest BCUT2D eigenvalue weighted by Gasteiger charge is 2.19. The number of benzene rings is 2. The van der Waals surface area contributed by atoms with Gasteiger partial charge in [-0.25, -0.2) is 0 Å². The van der Waals surface area contributed by atoms with Crippen LogP contribution in [0.2, 0.25) is 5.02 Å². The van der Waals surface area contributed by atoms with Crippen LogP contribution in [-0.4, -0.2) is 29.6 Å². The van der Waals surface area contributed by atoms with Gasteiger partial charge in [0, 0.05) is 46.9 Å². The number of aromatic nitrogens is 1. The predicted octanol–water partition coefficient (Wildman–Crippen LogP) is 5.45. The number of rotatable bonds is 2. The lowest BCUT2D eigenvalue weighted by Crippen LogP contribution is -2.25. The lowest BCUT2D eigenvalue weighted by Gasteiger charge is -2.24. The summed E-state index contributed by atoms with van der Waals surface area (Å²) in [6.45, 7) is 4.32. The molecule has 0 saturated carbocycles. The minimum atomic E-state index is 0.786. The normalized spacial score (nSPS) is 15.7. The highest BCUT2D eigenvalue weighted by atomic mass is 35.5. The fourth-order valence-electron chi connectivity index (χ4n) is 3.69. The van der Waals surface area contributed by atoms with Gasteiger partial charge in [-0.3, -0.25) is 0 Å². The summed E-state index contributed by atoms with van der Waals surface area (Å²) in [7, 11) is 2.17. The molecular weight excluding hydrogens is 316 g/mol. The molecule has 4 rings (SSSR count). The van der Waals surface area contributed by atoms with E-state index >= 15 is 0 Å². The molecule has 0 bridgehead atoms. The Morgan fingerprint density at radius 1 is 1.04 bits per heavy atom. The van der Waals surface area contributed by atoms with Crippen LogP contribution >= 0.6 is 11.6 Å². The minimum Gasteiger partial charge on any atom is -0.317 e. The Kier molecular flexibility index (Phi) is 3.95. The van der Waals surface area contributed by atoms with Crippen molar-refractivity contribution < 1.29 is 0 Å². The molecule has 0 spiro atoms. The van der Waals surface area contributed by atoms with Crippen molar-refractivity contribution in [3.63, 3.8) is 0 Å². The van der Waals surface area contributed by atoms with Gasteiger partial charge in [-0.1, -0.05) is 48.0 Å². The molecule has 1 aliphatic heterocycles. The molecule has 2 nitrogen and oxygen atoms in total. The second kappa shape index (κ2) is 6.12. The van der Waals surface area contributed by atoms with Gasteiger partial charge < -0.3 is 9.47 Å². The highest BCUT2D eigenvalue weighted by Crippen LogP contribution is 2.38. The van der Waals surface area contributed by atoms with E-state index < -0.39 is 0 Å². The first-order chi connectivity index (χ1) is 11.6. The zero-order valence-electron chi connectivity index (χ0n) is 14.1. The predicted molar refractivity (Wildman–Crippen MR) is 104 cm³/mol. The van der Waals surface area contributed by atoms with Gasteiger partial charge >= 0.3 is 0 Å². The summed E-state index contributed by atoms with van der Waals surface area (Å²) >= 11 is 6.31. The smallest absolute Gasteiger partial charge is 0.0535 e. The molecule has 0 N–H and O–H groups in total. The van der Waals surface area contributed by atoms with Crippen LogP contribution in [-0.2, 0) is 0 Å². The summed E-state index contributed by atoms with van der Waals surface area (Å²) in [6.07, 6.45) is 3.41. The summed E-state index contributed by atoms with van der Waals surface area (Å²) in [5.41, 5.74) is 6.45. The van der Waals surface area contributed by atoms with E-state index in [1.165, 1.54) is 33.4 Å². The van der Waals surface area contributed by atoms with E-state index in [1.807, 2.05) is 6.07 Å². The second-order valence-corrected chi connectivity index (χ2v) is 6.97. The fourth-order valence-corrected chi connectivity index (χ4v) is 3.87. The topological polar surface area (TPSA) is 8.17 Å². The Morgan fingerprint density at radius 3 is 2.54 bits per heavy atom. The van der Waals surface area contributed by atoms with Crippen LogP contribution in [0.1, 0.15) is 12.1 Å². The monoisotopic (exact) mass is 336 g/mol.